The number of hydrogen-bond donors (Lipinski definition) is 1. The summed E-state index contributed by atoms with van der Waals surface area (Å²) in [6, 6.07) is 7.32. The number of esters is 2. The first-order valence-electron chi connectivity index (χ1n) is 17.8. The lowest BCUT2D eigenvalue weighted by atomic mass is 9.75. The molecule has 284 valence electrons. The van der Waals surface area contributed by atoms with Crippen LogP contribution in [-0.2, 0) is 42.8 Å². The van der Waals surface area contributed by atoms with E-state index in [2.05, 4.69) is 0 Å². The van der Waals surface area contributed by atoms with Gasteiger partial charge in [0.15, 0.2) is 24.3 Å². The summed E-state index contributed by atoms with van der Waals surface area (Å²) >= 11 is 0. The Hall–Kier alpha value is -3.43. The average molecular weight is 718 g/mol. The van der Waals surface area contributed by atoms with E-state index < -0.39 is 89.8 Å². The topological polar surface area (TPSA) is 173 Å². The number of rotatable bonds is 7. The fraction of sp³-hybridized carbons (Fsp3) is 0.703. The van der Waals surface area contributed by atoms with Crippen molar-refractivity contribution in [2.45, 2.75) is 122 Å². The van der Waals surface area contributed by atoms with Crippen molar-refractivity contribution in [2.75, 3.05) is 21.2 Å². The van der Waals surface area contributed by atoms with Gasteiger partial charge in [-0.1, -0.05) is 45.9 Å². The van der Waals surface area contributed by atoms with Gasteiger partial charge in [0.1, 0.15) is 23.8 Å². The minimum absolute atomic E-state index is 0.0790. The van der Waals surface area contributed by atoms with Gasteiger partial charge in [0, 0.05) is 24.9 Å². The van der Waals surface area contributed by atoms with Gasteiger partial charge in [-0.15, -0.1) is 0 Å². The number of ketones is 2. The highest BCUT2D eigenvalue weighted by atomic mass is 16.7. The molecule has 3 heterocycles. The Morgan fingerprint density at radius 2 is 1.65 bits per heavy atom. The van der Waals surface area contributed by atoms with Crippen LogP contribution < -0.4 is 5.84 Å². The van der Waals surface area contributed by atoms with Crippen LogP contribution in [0.5, 0.6) is 0 Å². The summed E-state index contributed by atoms with van der Waals surface area (Å²) in [6.45, 7) is 11.9. The van der Waals surface area contributed by atoms with E-state index in [0.29, 0.717) is 12.0 Å². The summed E-state index contributed by atoms with van der Waals surface area (Å²) in [6.07, 6.45) is -5.51. The van der Waals surface area contributed by atoms with Crippen molar-refractivity contribution in [3.8, 4) is 0 Å². The van der Waals surface area contributed by atoms with Gasteiger partial charge in [-0.2, -0.15) is 0 Å². The predicted octanol–water partition coefficient (Wildman–Crippen LogP) is 3.54. The van der Waals surface area contributed by atoms with Gasteiger partial charge < -0.3 is 33.3 Å². The highest BCUT2D eigenvalue weighted by molar-refractivity contribution is 6.00. The number of nitrogens with zero attached hydrogens (tertiary/aromatic N) is 2. The number of hydrazine groups is 1. The van der Waals surface area contributed by atoms with Crippen molar-refractivity contribution >= 4 is 29.6 Å². The summed E-state index contributed by atoms with van der Waals surface area (Å²) in [5.41, 5.74) is -0.971. The number of Topliss-reactive ketones (excluding diaryl/α,β-unsaturated/α-hetero) is 2. The maximum atomic E-state index is 14.2. The van der Waals surface area contributed by atoms with Crippen LogP contribution in [0.15, 0.2) is 30.3 Å². The molecule has 0 spiro atoms. The largest absolute Gasteiger partial charge is 0.458 e. The lowest BCUT2D eigenvalue weighted by Gasteiger charge is -2.47. The SMILES string of the molecule is CC[C@H]1OC(=O)[C@H](C)C(=O)[C@H](C)[C@@H](OC2O[C@H](C)C[C@H](N(C)C)[C@H]2OC(=O)c2ccccc2)[C@@](C)(OC)C[C@@H](C)C(=O)[C@H](C)[C@@H]2C1OC(=O)N2N. The van der Waals surface area contributed by atoms with Crippen molar-refractivity contribution in [3.63, 3.8) is 0 Å². The first-order valence-corrected chi connectivity index (χ1v) is 17.8. The molecule has 1 aromatic carbocycles. The van der Waals surface area contributed by atoms with Crippen LogP contribution in [0.3, 0.4) is 0 Å². The Labute approximate surface area is 300 Å². The Morgan fingerprint density at radius 1 is 1.00 bits per heavy atom. The summed E-state index contributed by atoms with van der Waals surface area (Å²) in [5.74, 6) is 0.248. The number of benzene rings is 1. The number of likely N-dealkylation sites (N-methyl/N-ethyl adjacent to an activating group) is 1. The third-order valence-electron chi connectivity index (χ3n) is 10.8. The molecule has 4 rings (SSSR count). The molecule has 0 saturated carbocycles. The van der Waals surface area contributed by atoms with Crippen LogP contribution in [0.25, 0.3) is 0 Å². The van der Waals surface area contributed by atoms with Gasteiger partial charge in [-0.25, -0.2) is 20.4 Å². The van der Waals surface area contributed by atoms with Crippen molar-refractivity contribution < 1.29 is 52.4 Å². The molecule has 3 fully saturated rings. The average Bonchev–Trinajstić information content (AvgIpc) is 3.40. The van der Waals surface area contributed by atoms with Crippen molar-refractivity contribution in [1.29, 1.82) is 0 Å². The van der Waals surface area contributed by atoms with E-state index in [0.717, 1.165) is 5.01 Å². The highest BCUT2D eigenvalue weighted by Crippen LogP contribution is 2.39. The predicted molar refractivity (Wildman–Crippen MR) is 184 cm³/mol. The lowest BCUT2D eigenvalue weighted by molar-refractivity contribution is -0.294. The molecular weight excluding hydrogens is 662 g/mol. The standard InChI is InChI=1S/C37H55N3O11/c1-11-26-31-27(40(38)36(45)50-31)21(4)28(41)19(2)18-37(7,46-10)32(22(5)29(42)23(6)33(43)48-26)51-35-30(25(39(8)9)17-20(3)47-35)49-34(44)24-15-13-12-14-16-24/h12-16,19-23,25-27,30-32,35H,11,17-18,38H2,1-10H3/t19-,20-,21-,22+,23-,25+,26-,27-,30-,31?,32-,35?,37+/m1/s1. The van der Waals surface area contributed by atoms with Gasteiger partial charge in [0.2, 0.25) is 0 Å². The summed E-state index contributed by atoms with van der Waals surface area (Å²) in [4.78, 5) is 70.0. The fourth-order valence-corrected chi connectivity index (χ4v) is 7.75. The third kappa shape index (κ3) is 8.46. The van der Waals surface area contributed by atoms with Crippen LogP contribution in [0.4, 0.5) is 4.79 Å². The second-order valence-electron chi connectivity index (χ2n) is 14.7. The highest BCUT2D eigenvalue weighted by Gasteiger charge is 2.54. The molecule has 0 bridgehead atoms. The molecule has 2 unspecified atom stereocenters. The molecule has 13 atom stereocenters. The van der Waals surface area contributed by atoms with E-state index in [4.69, 9.17) is 34.3 Å². The molecule has 3 aliphatic rings. The van der Waals surface area contributed by atoms with Crippen LogP contribution in [0.1, 0.15) is 78.1 Å². The van der Waals surface area contributed by atoms with Gasteiger partial charge in [-0.3, -0.25) is 14.4 Å². The second-order valence-corrected chi connectivity index (χ2v) is 14.7. The first kappa shape index (κ1) is 40.3. The van der Waals surface area contributed by atoms with Crippen LogP contribution in [0.2, 0.25) is 0 Å². The van der Waals surface area contributed by atoms with Gasteiger partial charge in [0.05, 0.1) is 29.4 Å². The number of carbonyl (C=O) groups is 5. The third-order valence-corrected chi connectivity index (χ3v) is 10.8. The van der Waals surface area contributed by atoms with E-state index >= 15 is 0 Å². The summed E-state index contributed by atoms with van der Waals surface area (Å²) in [7, 11) is 5.20. The molecule has 2 N–H and O–H groups in total. The molecule has 14 nitrogen and oxygen atoms in total. The summed E-state index contributed by atoms with van der Waals surface area (Å²) in [5, 5.41) is 0.875. The van der Waals surface area contributed by atoms with Crippen LogP contribution in [0, 0.1) is 23.7 Å². The number of methoxy groups -OCH3 is 1. The smallest absolute Gasteiger partial charge is 0.424 e. The minimum atomic E-state index is -1.32. The van der Waals surface area contributed by atoms with Gasteiger partial charge >= 0.3 is 18.0 Å². The maximum absolute atomic E-state index is 14.2. The van der Waals surface area contributed by atoms with Crippen molar-refractivity contribution in [1.82, 2.24) is 9.91 Å². The molecule has 51 heavy (non-hydrogen) atoms. The van der Waals surface area contributed by atoms with E-state index in [1.807, 2.05) is 25.9 Å². The molecular formula is C37H55N3O11. The zero-order chi connectivity index (χ0) is 37.9. The summed E-state index contributed by atoms with van der Waals surface area (Å²) < 4.78 is 36.8. The fourth-order valence-electron chi connectivity index (χ4n) is 7.75. The Kier molecular flexibility index (Phi) is 13.0. The zero-order valence-electron chi connectivity index (χ0n) is 31.4. The number of carbonyl (C=O) groups excluding carboxylic acids is 5. The number of ether oxygens (including phenoxy) is 6. The molecule has 0 radical (unpaired) electrons. The monoisotopic (exact) mass is 717 g/mol. The molecule has 0 aromatic heterocycles. The van der Waals surface area contributed by atoms with Crippen molar-refractivity contribution in [2.24, 2.45) is 29.5 Å². The first-order chi connectivity index (χ1) is 23.9. The molecule has 14 heteroatoms. The molecule has 1 aromatic rings. The Balaban J connectivity index is 1.78. The second kappa shape index (κ2) is 16.5. The maximum Gasteiger partial charge on any atom is 0.424 e. The Morgan fingerprint density at radius 3 is 2.24 bits per heavy atom. The van der Waals surface area contributed by atoms with E-state index in [1.165, 1.54) is 14.0 Å². The van der Waals surface area contributed by atoms with Crippen molar-refractivity contribution in [3.05, 3.63) is 35.9 Å². The van der Waals surface area contributed by atoms with Crippen LogP contribution >= 0.6 is 0 Å². The minimum Gasteiger partial charge on any atom is -0.458 e. The number of hydrogen-bond acceptors (Lipinski definition) is 13. The Bertz CT molecular complexity index is 1430. The molecule has 3 aliphatic heterocycles. The van der Waals surface area contributed by atoms with Gasteiger partial charge in [0.25, 0.3) is 0 Å². The van der Waals surface area contributed by atoms with E-state index in [9.17, 15) is 24.0 Å². The van der Waals surface area contributed by atoms with Crippen LogP contribution in [-0.4, -0.2) is 115 Å². The quantitative estimate of drug-likeness (QED) is 0.143. The van der Waals surface area contributed by atoms with E-state index in [1.54, 1.807) is 65.0 Å². The van der Waals surface area contributed by atoms with Gasteiger partial charge in [-0.05, 0) is 66.3 Å². The number of nitrogens with two attached hydrogens (primary N) is 1. The molecule has 3 saturated heterocycles. The number of amides is 1. The molecule has 0 aliphatic carbocycles. The van der Waals surface area contributed by atoms with E-state index in [-0.39, 0.29) is 30.8 Å². The lowest BCUT2D eigenvalue weighted by Crippen LogP contribution is -2.60. The normalized spacial score (nSPS) is 38.5. The molecule has 1 amide bonds. The number of cyclic esters (lactones) is 1. The number of fused-ring (bicyclic) bond motifs is 1. The zero-order valence-corrected chi connectivity index (χ0v) is 31.4.